The van der Waals surface area contributed by atoms with Crippen LogP contribution in [0, 0.1) is 0 Å². The van der Waals surface area contributed by atoms with Crippen LogP contribution in [0.25, 0.3) is 10.9 Å². The molecule has 1 fully saturated rings. The van der Waals surface area contributed by atoms with Crippen molar-refractivity contribution in [2.45, 2.75) is 38.3 Å². The summed E-state index contributed by atoms with van der Waals surface area (Å²) in [5, 5.41) is 5.04. The zero-order valence-corrected chi connectivity index (χ0v) is 10.1. The van der Waals surface area contributed by atoms with Gasteiger partial charge in [0.1, 0.15) is 0 Å². The number of rotatable bonds is 1. The van der Waals surface area contributed by atoms with E-state index in [4.69, 9.17) is 0 Å². The first-order chi connectivity index (χ1) is 8.42. The van der Waals surface area contributed by atoms with Gasteiger partial charge >= 0.3 is 0 Å². The van der Waals surface area contributed by atoms with Gasteiger partial charge in [-0.3, -0.25) is 0 Å². The molecule has 2 aliphatic heterocycles. The maximum absolute atomic E-state index is 3.61. The third-order valence-electron chi connectivity index (χ3n) is 4.27. The van der Waals surface area contributed by atoms with Crippen molar-refractivity contribution in [1.29, 1.82) is 0 Å². The molecule has 0 amide bonds. The minimum absolute atomic E-state index is 0.598. The van der Waals surface area contributed by atoms with E-state index in [2.05, 4.69) is 34.3 Å². The van der Waals surface area contributed by atoms with Crippen molar-refractivity contribution < 1.29 is 0 Å². The van der Waals surface area contributed by atoms with Gasteiger partial charge in [-0.25, -0.2) is 0 Å². The largest absolute Gasteiger partial charge is 0.347 e. The molecule has 0 bridgehead atoms. The summed E-state index contributed by atoms with van der Waals surface area (Å²) in [5.74, 6) is 0. The van der Waals surface area contributed by atoms with Crippen molar-refractivity contribution >= 4 is 10.9 Å². The molecule has 2 aromatic rings. The van der Waals surface area contributed by atoms with Gasteiger partial charge in [-0.15, -0.1) is 0 Å². The lowest BCUT2D eigenvalue weighted by Crippen LogP contribution is -2.14. The van der Waals surface area contributed by atoms with Crippen molar-refractivity contribution in [3.8, 4) is 0 Å². The van der Waals surface area contributed by atoms with Gasteiger partial charge in [0, 0.05) is 24.2 Å². The van der Waals surface area contributed by atoms with Crippen LogP contribution in [0.3, 0.4) is 0 Å². The molecule has 0 spiro atoms. The quantitative estimate of drug-likeness (QED) is 0.791. The monoisotopic (exact) mass is 226 g/mol. The van der Waals surface area contributed by atoms with Gasteiger partial charge in [0.2, 0.25) is 0 Å². The third kappa shape index (κ3) is 1.44. The summed E-state index contributed by atoms with van der Waals surface area (Å²) in [6.07, 6.45) is 7.41. The molecule has 0 saturated carbocycles. The molecule has 1 atom stereocenters. The summed E-state index contributed by atoms with van der Waals surface area (Å²) in [6, 6.07) is 7.72. The minimum atomic E-state index is 0.598. The van der Waals surface area contributed by atoms with Crippen LogP contribution >= 0.6 is 0 Å². The summed E-state index contributed by atoms with van der Waals surface area (Å²) in [7, 11) is 0. The normalized spacial score (nSPS) is 23.4. The molecule has 3 heterocycles. The van der Waals surface area contributed by atoms with Crippen LogP contribution in [-0.2, 0) is 13.0 Å². The number of hydrogen-bond acceptors (Lipinski definition) is 1. The van der Waals surface area contributed by atoms with Crippen LogP contribution in [0.1, 0.15) is 36.4 Å². The SMILES string of the molecule is c1c(C2CCCN2)cc2ccn3c2c1CCC3. The van der Waals surface area contributed by atoms with Gasteiger partial charge in [0.25, 0.3) is 0 Å². The second-order valence-electron chi connectivity index (χ2n) is 5.38. The average Bonchev–Trinajstić information content (AvgIpc) is 2.99. The Morgan fingerprint density at radius 2 is 2.24 bits per heavy atom. The van der Waals surface area contributed by atoms with Gasteiger partial charge in [0.15, 0.2) is 0 Å². The predicted molar refractivity (Wildman–Crippen MR) is 70.2 cm³/mol. The Balaban J connectivity index is 1.90. The van der Waals surface area contributed by atoms with Crippen LogP contribution < -0.4 is 5.32 Å². The van der Waals surface area contributed by atoms with E-state index in [9.17, 15) is 0 Å². The summed E-state index contributed by atoms with van der Waals surface area (Å²) in [6.45, 7) is 2.37. The van der Waals surface area contributed by atoms with Gasteiger partial charge in [-0.1, -0.05) is 6.07 Å². The Labute approximate surface area is 102 Å². The molecule has 1 aromatic carbocycles. The maximum Gasteiger partial charge on any atom is 0.0513 e. The fourth-order valence-corrected chi connectivity index (χ4v) is 3.45. The van der Waals surface area contributed by atoms with E-state index >= 15 is 0 Å². The molecule has 1 N–H and O–H groups in total. The highest BCUT2D eigenvalue weighted by Crippen LogP contribution is 2.32. The molecule has 4 rings (SSSR count). The fourth-order valence-electron chi connectivity index (χ4n) is 3.45. The molecule has 0 radical (unpaired) electrons. The van der Waals surface area contributed by atoms with Crippen molar-refractivity contribution in [2.24, 2.45) is 0 Å². The minimum Gasteiger partial charge on any atom is -0.347 e. The lowest BCUT2D eigenvalue weighted by molar-refractivity contribution is 0.627. The molecule has 1 unspecified atom stereocenters. The first kappa shape index (κ1) is 9.72. The van der Waals surface area contributed by atoms with E-state index < -0.39 is 0 Å². The second kappa shape index (κ2) is 3.61. The highest BCUT2D eigenvalue weighted by atomic mass is 15.0. The Bertz CT molecular complexity index is 562. The Kier molecular flexibility index (Phi) is 2.06. The van der Waals surface area contributed by atoms with Gasteiger partial charge < -0.3 is 9.88 Å². The number of aromatic nitrogens is 1. The van der Waals surface area contributed by atoms with Crippen molar-refractivity contribution in [2.75, 3.05) is 6.54 Å². The molecule has 2 nitrogen and oxygen atoms in total. The zero-order chi connectivity index (χ0) is 11.2. The second-order valence-corrected chi connectivity index (χ2v) is 5.38. The van der Waals surface area contributed by atoms with Crippen LogP contribution in [-0.4, -0.2) is 11.1 Å². The topological polar surface area (TPSA) is 17.0 Å². The number of benzene rings is 1. The van der Waals surface area contributed by atoms with E-state index in [-0.39, 0.29) is 0 Å². The number of hydrogen-bond donors (Lipinski definition) is 1. The van der Waals surface area contributed by atoms with Crippen molar-refractivity contribution in [3.63, 3.8) is 0 Å². The van der Waals surface area contributed by atoms with Gasteiger partial charge in [-0.2, -0.15) is 0 Å². The molecule has 17 heavy (non-hydrogen) atoms. The molecule has 88 valence electrons. The lowest BCUT2D eigenvalue weighted by Gasteiger charge is -2.19. The van der Waals surface area contributed by atoms with Crippen molar-refractivity contribution in [3.05, 3.63) is 35.5 Å². The van der Waals surface area contributed by atoms with Crippen LogP contribution in [0.2, 0.25) is 0 Å². The number of nitrogens with one attached hydrogen (secondary N) is 1. The highest BCUT2D eigenvalue weighted by molar-refractivity contribution is 5.85. The third-order valence-corrected chi connectivity index (χ3v) is 4.27. The van der Waals surface area contributed by atoms with Gasteiger partial charge in [-0.05, 0) is 55.5 Å². The number of aryl methyl sites for hydroxylation is 2. The standard InChI is InChI=1S/C15H18N2/c1-4-14(16-6-1)13-9-11-3-2-7-17-8-5-12(10-13)15(11)17/h5,8-10,14,16H,1-4,6-7H2. The van der Waals surface area contributed by atoms with E-state index in [0.717, 1.165) is 0 Å². The van der Waals surface area contributed by atoms with E-state index in [1.165, 1.54) is 55.2 Å². The van der Waals surface area contributed by atoms with Crippen LogP contribution in [0.5, 0.6) is 0 Å². The maximum atomic E-state index is 3.61. The van der Waals surface area contributed by atoms with Crippen LogP contribution in [0.15, 0.2) is 24.4 Å². The van der Waals surface area contributed by atoms with E-state index in [0.29, 0.717) is 6.04 Å². The molecule has 1 aromatic heterocycles. The molecule has 2 heteroatoms. The molecular formula is C15H18N2. The Morgan fingerprint density at radius 1 is 1.24 bits per heavy atom. The Morgan fingerprint density at radius 3 is 3.12 bits per heavy atom. The first-order valence-corrected chi connectivity index (χ1v) is 6.77. The first-order valence-electron chi connectivity index (χ1n) is 6.77. The molecule has 1 saturated heterocycles. The van der Waals surface area contributed by atoms with Crippen molar-refractivity contribution in [1.82, 2.24) is 9.88 Å². The zero-order valence-electron chi connectivity index (χ0n) is 10.1. The predicted octanol–water partition coefficient (Wildman–Crippen LogP) is 3.01. The average molecular weight is 226 g/mol. The summed E-state index contributed by atoms with van der Waals surface area (Å²) in [4.78, 5) is 0. The summed E-state index contributed by atoms with van der Waals surface area (Å²) in [5.41, 5.74) is 4.55. The summed E-state index contributed by atoms with van der Waals surface area (Å²) >= 11 is 0. The van der Waals surface area contributed by atoms with E-state index in [1.807, 2.05) is 0 Å². The molecule has 0 aliphatic carbocycles. The van der Waals surface area contributed by atoms with E-state index in [1.54, 1.807) is 5.56 Å². The molecule has 2 aliphatic rings. The fraction of sp³-hybridized carbons (Fsp3) is 0.467. The Hall–Kier alpha value is -1.28. The molecular weight excluding hydrogens is 208 g/mol. The summed E-state index contributed by atoms with van der Waals surface area (Å²) < 4.78 is 2.42. The van der Waals surface area contributed by atoms with Gasteiger partial charge in [0.05, 0.1) is 5.52 Å². The highest BCUT2D eigenvalue weighted by Gasteiger charge is 2.19. The van der Waals surface area contributed by atoms with Crippen LogP contribution in [0.4, 0.5) is 0 Å². The smallest absolute Gasteiger partial charge is 0.0513 e. The number of nitrogens with zero attached hydrogens (tertiary/aromatic N) is 1. The lowest BCUT2D eigenvalue weighted by atomic mass is 9.96.